The Balaban J connectivity index is 1.23. The van der Waals surface area contributed by atoms with Gasteiger partial charge in [-0.1, -0.05) is 11.2 Å². The third-order valence-electron chi connectivity index (χ3n) is 4.91. The van der Waals surface area contributed by atoms with Crippen molar-refractivity contribution in [2.24, 2.45) is 0 Å². The average molecular weight is 383 g/mol. The van der Waals surface area contributed by atoms with Gasteiger partial charge in [0.25, 0.3) is 5.89 Å². The second-order valence-electron chi connectivity index (χ2n) is 6.66. The molecule has 1 fully saturated rings. The molecule has 7 nitrogen and oxygen atoms in total. The lowest BCUT2D eigenvalue weighted by atomic mass is 10.1. The Kier molecular flexibility index (Phi) is 4.05. The Hall–Kier alpha value is -2.87. The van der Waals surface area contributed by atoms with Gasteiger partial charge >= 0.3 is 0 Å². The van der Waals surface area contributed by atoms with E-state index in [0.29, 0.717) is 37.0 Å². The van der Waals surface area contributed by atoms with Gasteiger partial charge in [0.15, 0.2) is 17.3 Å². The summed E-state index contributed by atoms with van der Waals surface area (Å²) in [4.78, 5) is 19.1. The summed E-state index contributed by atoms with van der Waals surface area (Å²) >= 11 is 1.59. The van der Waals surface area contributed by atoms with Gasteiger partial charge in [-0.2, -0.15) is 16.3 Å². The predicted molar refractivity (Wildman–Crippen MR) is 97.8 cm³/mol. The average Bonchev–Trinajstić information content (AvgIpc) is 3.48. The van der Waals surface area contributed by atoms with E-state index >= 15 is 0 Å². The van der Waals surface area contributed by atoms with Crippen LogP contribution >= 0.6 is 11.3 Å². The normalized spacial score (nSPS) is 18.2. The van der Waals surface area contributed by atoms with Gasteiger partial charge < -0.3 is 18.9 Å². The summed E-state index contributed by atoms with van der Waals surface area (Å²) in [5.41, 5.74) is 1.86. The molecule has 2 aliphatic heterocycles. The molecule has 0 N–H and O–H groups in total. The van der Waals surface area contributed by atoms with Crippen molar-refractivity contribution in [3.63, 3.8) is 0 Å². The van der Waals surface area contributed by atoms with Crippen LogP contribution in [0.1, 0.15) is 23.7 Å². The molecule has 0 radical (unpaired) electrons. The van der Waals surface area contributed by atoms with Crippen molar-refractivity contribution in [3.05, 3.63) is 46.4 Å². The number of likely N-dealkylation sites (tertiary alicyclic amines) is 1. The Morgan fingerprint density at radius 3 is 3.07 bits per heavy atom. The van der Waals surface area contributed by atoms with E-state index in [1.54, 1.807) is 11.3 Å². The van der Waals surface area contributed by atoms with Crippen molar-refractivity contribution in [1.29, 1.82) is 0 Å². The Labute approximate surface area is 159 Å². The molecular weight excluding hydrogens is 366 g/mol. The molecule has 1 atom stereocenters. The van der Waals surface area contributed by atoms with Gasteiger partial charge in [0.05, 0.1) is 12.0 Å². The number of carbonyl (C=O) groups excluding carboxylic acids is 1. The number of nitrogens with zero attached hydrogens (tertiary/aromatic N) is 3. The first kappa shape index (κ1) is 16.3. The van der Waals surface area contributed by atoms with E-state index in [0.717, 1.165) is 23.3 Å². The first-order valence-corrected chi connectivity index (χ1v) is 9.73. The molecule has 0 unspecified atom stereocenters. The summed E-state index contributed by atoms with van der Waals surface area (Å²) < 4.78 is 16.1. The fourth-order valence-corrected chi connectivity index (χ4v) is 4.07. The number of rotatable bonds is 4. The lowest BCUT2D eigenvalue weighted by Gasteiger charge is -2.16. The fourth-order valence-electron chi connectivity index (χ4n) is 3.44. The van der Waals surface area contributed by atoms with E-state index in [1.807, 2.05) is 39.9 Å². The zero-order valence-electron chi connectivity index (χ0n) is 14.5. The smallest absolute Gasteiger partial charge is 0.258 e. The monoisotopic (exact) mass is 383 g/mol. The first-order valence-electron chi connectivity index (χ1n) is 8.79. The summed E-state index contributed by atoms with van der Waals surface area (Å²) in [6.45, 7) is 1.56. The SMILES string of the molecule is O=C(Cc1ccc2c(c1)OCO2)N1CC[C@@H](c2noc(-c3ccsc3)n2)C1. The number of ether oxygens (including phenoxy) is 2. The van der Waals surface area contributed by atoms with Crippen LogP contribution in [0.15, 0.2) is 39.5 Å². The van der Waals surface area contributed by atoms with Crippen molar-refractivity contribution in [3.8, 4) is 23.0 Å². The van der Waals surface area contributed by atoms with Gasteiger partial charge in [-0.05, 0) is 35.6 Å². The maximum absolute atomic E-state index is 12.7. The van der Waals surface area contributed by atoms with Crippen LogP contribution in [0.5, 0.6) is 11.5 Å². The molecule has 138 valence electrons. The lowest BCUT2D eigenvalue weighted by molar-refractivity contribution is -0.129. The minimum atomic E-state index is 0.0953. The molecule has 0 saturated carbocycles. The second kappa shape index (κ2) is 6.70. The number of carbonyl (C=O) groups is 1. The minimum Gasteiger partial charge on any atom is -0.454 e. The van der Waals surface area contributed by atoms with Crippen molar-refractivity contribution in [2.45, 2.75) is 18.8 Å². The van der Waals surface area contributed by atoms with Crippen LogP contribution in [0.4, 0.5) is 0 Å². The van der Waals surface area contributed by atoms with Crippen molar-refractivity contribution < 1.29 is 18.8 Å². The number of hydrogen-bond donors (Lipinski definition) is 0. The third kappa shape index (κ3) is 3.16. The van der Waals surface area contributed by atoms with Crippen LogP contribution in [0.25, 0.3) is 11.5 Å². The number of fused-ring (bicyclic) bond motifs is 1. The lowest BCUT2D eigenvalue weighted by Crippen LogP contribution is -2.30. The molecule has 27 heavy (non-hydrogen) atoms. The molecule has 4 heterocycles. The van der Waals surface area contributed by atoms with Crippen LogP contribution in [0.2, 0.25) is 0 Å². The number of benzene rings is 1. The molecule has 2 aromatic heterocycles. The quantitative estimate of drug-likeness (QED) is 0.689. The highest BCUT2D eigenvalue weighted by atomic mass is 32.1. The van der Waals surface area contributed by atoms with E-state index in [2.05, 4.69) is 10.1 Å². The van der Waals surface area contributed by atoms with E-state index in [1.165, 1.54) is 0 Å². The van der Waals surface area contributed by atoms with Crippen LogP contribution < -0.4 is 9.47 Å². The Morgan fingerprint density at radius 2 is 2.19 bits per heavy atom. The van der Waals surface area contributed by atoms with Crippen molar-refractivity contribution in [1.82, 2.24) is 15.0 Å². The van der Waals surface area contributed by atoms with Crippen LogP contribution in [-0.4, -0.2) is 40.8 Å². The zero-order valence-corrected chi connectivity index (χ0v) is 15.3. The Morgan fingerprint density at radius 1 is 1.26 bits per heavy atom. The molecule has 0 bridgehead atoms. The summed E-state index contributed by atoms with van der Waals surface area (Å²) in [6, 6.07) is 7.59. The van der Waals surface area contributed by atoms with Gasteiger partial charge in [0.1, 0.15) is 0 Å². The summed E-state index contributed by atoms with van der Waals surface area (Å²) in [6.07, 6.45) is 1.19. The van der Waals surface area contributed by atoms with Gasteiger partial charge in [-0.3, -0.25) is 4.79 Å². The summed E-state index contributed by atoms with van der Waals surface area (Å²) in [7, 11) is 0. The number of amides is 1. The van der Waals surface area contributed by atoms with Crippen LogP contribution in [0, 0.1) is 0 Å². The topological polar surface area (TPSA) is 77.7 Å². The van der Waals surface area contributed by atoms with Gasteiger partial charge in [0.2, 0.25) is 12.7 Å². The molecule has 1 aromatic carbocycles. The summed E-state index contributed by atoms with van der Waals surface area (Å²) in [5.74, 6) is 2.85. The summed E-state index contributed by atoms with van der Waals surface area (Å²) in [5, 5.41) is 8.08. The van der Waals surface area contributed by atoms with Gasteiger partial charge in [-0.15, -0.1) is 0 Å². The van der Waals surface area contributed by atoms with Crippen LogP contribution in [-0.2, 0) is 11.2 Å². The molecule has 2 aliphatic rings. The molecule has 5 rings (SSSR count). The Bertz CT molecular complexity index is 969. The van der Waals surface area contributed by atoms with E-state index < -0.39 is 0 Å². The molecule has 1 saturated heterocycles. The van der Waals surface area contributed by atoms with Gasteiger partial charge in [-0.25, -0.2) is 0 Å². The maximum atomic E-state index is 12.7. The standard InChI is InChI=1S/C19H17N3O4S/c23-17(8-12-1-2-15-16(7-12)25-11-24-15)22-5-3-13(9-22)18-20-19(26-21-18)14-4-6-27-10-14/h1-2,4,6-7,10,13H,3,5,8-9,11H2/t13-/m1/s1. The van der Waals surface area contributed by atoms with E-state index in [-0.39, 0.29) is 18.6 Å². The fraction of sp³-hybridized carbons (Fsp3) is 0.316. The van der Waals surface area contributed by atoms with Crippen molar-refractivity contribution >= 4 is 17.2 Å². The van der Waals surface area contributed by atoms with Gasteiger partial charge in [0, 0.05) is 24.4 Å². The second-order valence-corrected chi connectivity index (χ2v) is 7.44. The zero-order chi connectivity index (χ0) is 18.2. The molecular formula is C19H17N3O4S. The molecule has 1 amide bonds. The number of thiophene rings is 1. The van der Waals surface area contributed by atoms with Crippen LogP contribution in [0.3, 0.4) is 0 Å². The highest BCUT2D eigenvalue weighted by Crippen LogP contribution is 2.33. The maximum Gasteiger partial charge on any atom is 0.258 e. The first-order chi connectivity index (χ1) is 13.3. The molecule has 8 heteroatoms. The predicted octanol–water partition coefficient (Wildman–Crippen LogP) is 3.09. The highest BCUT2D eigenvalue weighted by Gasteiger charge is 2.30. The minimum absolute atomic E-state index is 0.0953. The third-order valence-corrected chi connectivity index (χ3v) is 5.59. The van der Waals surface area contributed by atoms with E-state index in [9.17, 15) is 4.79 Å². The number of aromatic nitrogens is 2. The molecule has 3 aromatic rings. The molecule has 0 spiro atoms. The molecule has 0 aliphatic carbocycles. The largest absolute Gasteiger partial charge is 0.454 e. The van der Waals surface area contributed by atoms with E-state index in [4.69, 9.17) is 14.0 Å². The number of hydrogen-bond acceptors (Lipinski definition) is 7. The van der Waals surface area contributed by atoms with Crippen molar-refractivity contribution in [2.75, 3.05) is 19.9 Å². The highest BCUT2D eigenvalue weighted by molar-refractivity contribution is 7.08.